The first-order valence-electron chi connectivity index (χ1n) is 8.55. The summed E-state index contributed by atoms with van der Waals surface area (Å²) in [5, 5.41) is 7.56. The van der Waals surface area contributed by atoms with E-state index in [2.05, 4.69) is 24.5 Å². The molecule has 5 aliphatic rings. The topological polar surface area (TPSA) is 24.1 Å². The SMILES string of the molecule is CC(C)(NC1CCNC1)C12CC3CC(CC(C3)C1)C2. The molecule has 1 unspecified atom stereocenters. The third kappa shape index (κ3) is 1.98. The number of nitrogens with one attached hydrogen (secondary N) is 2. The fourth-order valence-electron chi connectivity index (χ4n) is 6.32. The van der Waals surface area contributed by atoms with Gasteiger partial charge < -0.3 is 10.6 Å². The lowest BCUT2D eigenvalue weighted by atomic mass is 9.45. The van der Waals surface area contributed by atoms with Crippen molar-refractivity contribution in [2.24, 2.45) is 23.2 Å². The normalized spacial score (nSPS) is 48.9. The summed E-state index contributed by atoms with van der Waals surface area (Å²) in [6.45, 7) is 7.40. The molecule has 1 atom stereocenters. The second-order valence-corrected chi connectivity index (χ2v) is 8.66. The van der Waals surface area contributed by atoms with E-state index in [0.29, 0.717) is 17.0 Å². The first-order chi connectivity index (χ1) is 9.06. The van der Waals surface area contributed by atoms with Gasteiger partial charge in [0.15, 0.2) is 0 Å². The largest absolute Gasteiger partial charge is 0.315 e. The highest BCUT2D eigenvalue weighted by Gasteiger charge is 2.57. The van der Waals surface area contributed by atoms with Gasteiger partial charge in [-0.25, -0.2) is 0 Å². The van der Waals surface area contributed by atoms with E-state index in [4.69, 9.17) is 0 Å². The van der Waals surface area contributed by atoms with Crippen molar-refractivity contribution < 1.29 is 0 Å². The third-order valence-corrected chi connectivity index (χ3v) is 6.99. The van der Waals surface area contributed by atoms with Crippen LogP contribution in [0.5, 0.6) is 0 Å². The zero-order valence-corrected chi connectivity index (χ0v) is 12.7. The Hall–Kier alpha value is -0.0800. The van der Waals surface area contributed by atoms with E-state index in [1.807, 2.05) is 0 Å². The second kappa shape index (κ2) is 4.21. The fourth-order valence-corrected chi connectivity index (χ4v) is 6.32. The summed E-state index contributed by atoms with van der Waals surface area (Å²) in [5.74, 6) is 3.19. The van der Waals surface area contributed by atoms with Gasteiger partial charge in [0, 0.05) is 18.1 Å². The molecule has 4 bridgehead atoms. The predicted octanol–water partition coefficient (Wildman–Crippen LogP) is 2.93. The van der Waals surface area contributed by atoms with Gasteiger partial charge in [-0.15, -0.1) is 0 Å². The molecule has 4 saturated carbocycles. The predicted molar refractivity (Wildman–Crippen MR) is 79.1 cm³/mol. The van der Waals surface area contributed by atoms with Crippen molar-refractivity contribution in [2.45, 2.75) is 70.4 Å². The smallest absolute Gasteiger partial charge is 0.0209 e. The van der Waals surface area contributed by atoms with Crippen LogP contribution in [0.4, 0.5) is 0 Å². The van der Waals surface area contributed by atoms with E-state index in [0.717, 1.165) is 17.8 Å². The highest BCUT2D eigenvalue weighted by Crippen LogP contribution is 2.63. The molecular formula is C17H30N2. The summed E-state index contributed by atoms with van der Waals surface area (Å²) in [7, 11) is 0. The Morgan fingerprint density at radius 1 is 1.00 bits per heavy atom. The molecule has 2 nitrogen and oxygen atoms in total. The minimum Gasteiger partial charge on any atom is -0.315 e. The monoisotopic (exact) mass is 262 g/mol. The van der Waals surface area contributed by atoms with Crippen molar-refractivity contribution in [3.63, 3.8) is 0 Å². The molecule has 2 heteroatoms. The Kier molecular flexibility index (Phi) is 2.80. The van der Waals surface area contributed by atoms with Gasteiger partial charge in [-0.1, -0.05) is 0 Å². The van der Waals surface area contributed by atoms with E-state index in [-0.39, 0.29) is 0 Å². The molecule has 19 heavy (non-hydrogen) atoms. The summed E-state index contributed by atoms with van der Waals surface area (Å²) in [4.78, 5) is 0. The molecule has 4 aliphatic carbocycles. The van der Waals surface area contributed by atoms with Crippen LogP contribution >= 0.6 is 0 Å². The van der Waals surface area contributed by atoms with E-state index in [9.17, 15) is 0 Å². The summed E-state index contributed by atoms with van der Waals surface area (Å²) in [6.07, 6.45) is 10.5. The number of hydrogen-bond donors (Lipinski definition) is 2. The number of hydrogen-bond acceptors (Lipinski definition) is 2. The minimum atomic E-state index is 0.333. The lowest BCUT2D eigenvalue weighted by Gasteiger charge is -2.63. The molecule has 1 heterocycles. The Morgan fingerprint density at radius 3 is 2.05 bits per heavy atom. The van der Waals surface area contributed by atoms with Gasteiger partial charge in [0.1, 0.15) is 0 Å². The standard InChI is InChI=1S/C17H30N2/c1-16(2,19-15-3-4-18-11-15)17-8-12-5-13(9-17)7-14(6-12)10-17/h12-15,18-19H,3-11H2,1-2H3. The van der Waals surface area contributed by atoms with E-state index < -0.39 is 0 Å². The first kappa shape index (κ1) is 12.6. The van der Waals surface area contributed by atoms with Gasteiger partial charge in [0.2, 0.25) is 0 Å². The van der Waals surface area contributed by atoms with Crippen LogP contribution in [-0.2, 0) is 0 Å². The molecule has 0 spiro atoms. The van der Waals surface area contributed by atoms with Crippen molar-refractivity contribution in [1.29, 1.82) is 0 Å². The maximum absolute atomic E-state index is 4.05. The molecule has 0 radical (unpaired) electrons. The van der Waals surface area contributed by atoms with Crippen molar-refractivity contribution in [1.82, 2.24) is 10.6 Å². The first-order valence-corrected chi connectivity index (χ1v) is 8.55. The van der Waals surface area contributed by atoms with Gasteiger partial charge in [-0.05, 0) is 88.5 Å². The van der Waals surface area contributed by atoms with E-state index in [1.165, 1.54) is 38.8 Å². The van der Waals surface area contributed by atoms with Crippen LogP contribution < -0.4 is 10.6 Å². The molecule has 5 rings (SSSR count). The lowest BCUT2D eigenvalue weighted by molar-refractivity contribution is -0.100. The molecule has 0 amide bonds. The summed E-state index contributed by atoms with van der Waals surface area (Å²) < 4.78 is 0. The zero-order valence-electron chi connectivity index (χ0n) is 12.7. The molecule has 0 aromatic heterocycles. The Morgan fingerprint density at radius 2 is 1.58 bits per heavy atom. The van der Waals surface area contributed by atoms with Crippen LogP contribution in [0.2, 0.25) is 0 Å². The Balaban J connectivity index is 1.56. The van der Waals surface area contributed by atoms with Crippen LogP contribution in [0.1, 0.15) is 58.8 Å². The van der Waals surface area contributed by atoms with Gasteiger partial charge in [0.25, 0.3) is 0 Å². The Labute approximate surface area is 118 Å². The van der Waals surface area contributed by atoms with Crippen LogP contribution in [0, 0.1) is 23.2 Å². The average molecular weight is 262 g/mol. The van der Waals surface area contributed by atoms with Crippen LogP contribution in [-0.4, -0.2) is 24.7 Å². The average Bonchev–Trinajstić information content (AvgIpc) is 2.78. The molecule has 1 aliphatic heterocycles. The number of rotatable bonds is 3. The molecule has 1 saturated heterocycles. The summed E-state index contributed by atoms with van der Waals surface area (Å²) >= 11 is 0. The maximum Gasteiger partial charge on any atom is 0.0209 e. The van der Waals surface area contributed by atoms with Gasteiger partial charge in [-0.3, -0.25) is 0 Å². The van der Waals surface area contributed by atoms with Crippen LogP contribution in [0.15, 0.2) is 0 Å². The molecule has 5 fully saturated rings. The van der Waals surface area contributed by atoms with Gasteiger partial charge in [0.05, 0.1) is 0 Å². The molecule has 108 valence electrons. The molecular weight excluding hydrogens is 232 g/mol. The molecule has 0 aromatic carbocycles. The van der Waals surface area contributed by atoms with Crippen molar-refractivity contribution in [3.8, 4) is 0 Å². The van der Waals surface area contributed by atoms with Gasteiger partial charge in [-0.2, -0.15) is 0 Å². The Bertz CT molecular complexity index is 319. The van der Waals surface area contributed by atoms with E-state index >= 15 is 0 Å². The van der Waals surface area contributed by atoms with Crippen molar-refractivity contribution in [2.75, 3.05) is 13.1 Å². The van der Waals surface area contributed by atoms with Gasteiger partial charge >= 0.3 is 0 Å². The third-order valence-electron chi connectivity index (χ3n) is 6.99. The summed E-state index contributed by atoms with van der Waals surface area (Å²) in [6, 6.07) is 0.711. The van der Waals surface area contributed by atoms with E-state index in [1.54, 1.807) is 19.3 Å². The highest BCUT2D eigenvalue weighted by atomic mass is 15.1. The second-order valence-electron chi connectivity index (χ2n) is 8.66. The maximum atomic E-state index is 4.05. The lowest BCUT2D eigenvalue weighted by Crippen LogP contribution is -2.63. The van der Waals surface area contributed by atoms with Crippen LogP contribution in [0.3, 0.4) is 0 Å². The zero-order chi connectivity index (χ0) is 13.1. The van der Waals surface area contributed by atoms with Crippen LogP contribution in [0.25, 0.3) is 0 Å². The summed E-state index contributed by atoms with van der Waals surface area (Å²) in [5.41, 5.74) is 0.948. The fraction of sp³-hybridized carbons (Fsp3) is 1.00. The quantitative estimate of drug-likeness (QED) is 0.817. The van der Waals surface area contributed by atoms with Crippen molar-refractivity contribution >= 4 is 0 Å². The highest BCUT2D eigenvalue weighted by molar-refractivity contribution is 5.11. The minimum absolute atomic E-state index is 0.333. The molecule has 0 aromatic rings. The molecule has 2 N–H and O–H groups in total. The van der Waals surface area contributed by atoms with Crippen molar-refractivity contribution in [3.05, 3.63) is 0 Å².